The molecule has 0 amide bonds. The van der Waals surface area contributed by atoms with Gasteiger partial charge in [0.15, 0.2) is 0 Å². The molecule has 3 heteroatoms. The van der Waals surface area contributed by atoms with Crippen molar-refractivity contribution in [1.82, 2.24) is 4.90 Å². The van der Waals surface area contributed by atoms with E-state index in [1.807, 2.05) is 12.1 Å². The molecule has 0 radical (unpaired) electrons. The van der Waals surface area contributed by atoms with Crippen molar-refractivity contribution in [1.29, 1.82) is 0 Å². The lowest BCUT2D eigenvalue weighted by molar-refractivity contribution is -0.0405. The summed E-state index contributed by atoms with van der Waals surface area (Å²) in [6.07, 6.45) is 4.21. The molecular formula is C15H26N2O. The SMILES string of the molecule is CCN(Cc1ccco1)C1(CN)CC(C(C)C)C1. The summed E-state index contributed by atoms with van der Waals surface area (Å²) in [5.41, 5.74) is 6.27. The Morgan fingerprint density at radius 1 is 1.50 bits per heavy atom. The van der Waals surface area contributed by atoms with Crippen LogP contribution in [0.15, 0.2) is 22.8 Å². The van der Waals surface area contributed by atoms with Gasteiger partial charge in [-0.2, -0.15) is 0 Å². The van der Waals surface area contributed by atoms with Gasteiger partial charge in [0, 0.05) is 12.1 Å². The molecule has 2 N–H and O–H groups in total. The number of likely N-dealkylation sites (N-methyl/N-ethyl adjacent to an activating group) is 1. The van der Waals surface area contributed by atoms with Crippen LogP contribution in [0.4, 0.5) is 0 Å². The molecule has 0 bridgehead atoms. The highest BCUT2D eigenvalue weighted by molar-refractivity contribution is 5.06. The molecule has 1 aliphatic carbocycles. The van der Waals surface area contributed by atoms with Gasteiger partial charge in [-0.05, 0) is 43.4 Å². The zero-order valence-electron chi connectivity index (χ0n) is 11.9. The minimum absolute atomic E-state index is 0.205. The van der Waals surface area contributed by atoms with Crippen LogP contribution in [0.1, 0.15) is 39.4 Å². The van der Waals surface area contributed by atoms with Crippen LogP contribution in [0.2, 0.25) is 0 Å². The number of nitrogens with zero attached hydrogens (tertiary/aromatic N) is 1. The molecule has 0 saturated heterocycles. The number of hydrogen-bond acceptors (Lipinski definition) is 3. The first-order chi connectivity index (χ1) is 8.61. The van der Waals surface area contributed by atoms with E-state index in [0.717, 1.165) is 37.2 Å². The molecule has 102 valence electrons. The molecule has 1 fully saturated rings. The van der Waals surface area contributed by atoms with Gasteiger partial charge in [-0.1, -0.05) is 20.8 Å². The minimum atomic E-state index is 0.205. The number of furan rings is 1. The Morgan fingerprint density at radius 3 is 2.67 bits per heavy atom. The summed E-state index contributed by atoms with van der Waals surface area (Å²) < 4.78 is 5.47. The van der Waals surface area contributed by atoms with Crippen LogP contribution >= 0.6 is 0 Å². The van der Waals surface area contributed by atoms with Gasteiger partial charge in [-0.15, -0.1) is 0 Å². The van der Waals surface area contributed by atoms with E-state index in [-0.39, 0.29) is 5.54 Å². The van der Waals surface area contributed by atoms with Crippen LogP contribution in [0.3, 0.4) is 0 Å². The summed E-state index contributed by atoms with van der Waals surface area (Å²) in [5, 5.41) is 0. The van der Waals surface area contributed by atoms with Crippen molar-refractivity contribution >= 4 is 0 Å². The monoisotopic (exact) mass is 250 g/mol. The van der Waals surface area contributed by atoms with Crippen LogP contribution < -0.4 is 5.73 Å². The molecule has 0 spiro atoms. The topological polar surface area (TPSA) is 42.4 Å². The minimum Gasteiger partial charge on any atom is -0.468 e. The second kappa shape index (κ2) is 5.45. The third-order valence-electron chi connectivity index (χ3n) is 4.59. The zero-order chi connectivity index (χ0) is 13.2. The summed E-state index contributed by atoms with van der Waals surface area (Å²) in [6.45, 7) is 9.50. The molecule has 1 aromatic rings. The smallest absolute Gasteiger partial charge is 0.117 e. The molecule has 3 nitrogen and oxygen atoms in total. The average molecular weight is 250 g/mol. The van der Waals surface area contributed by atoms with E-state index in [4.69, 9.17) is 10.2 Å². The molecule has 18 heavy (non-hydrogen) atoms. The van der Waals surface area contributed by atoms with Crippen LogP contribution in [0, 0.1) is 11.8 Å². The summed E-state index contributed by atoms with van der Waals surface area (Å²) >= 11 is 0. The van der Waals surface area contributed by atoms with Gasteiger partial charge in [-0.25, -0.2) is 0 Å². The first-order valence-electron chi connectivity index (χ1n) is 7.09. The van der Waals surface area contributed by atoms with Crippen molar-refractivity contribution < 1.29 is 4.42 Å². The summed E-state index contributed by atoms with van der Waals surface area (Å²) in [7, 11) is 0. The molecule has 0 atom stereocenters. The van der Waals surface area contributed by atoms with E-state index in [2.05, 4.69) is 25.7 Å². The number of hydrogen-bond donors (Lipinski definition) is 1. The summed E-state index contributed by atoms with van der Waals surface area (Å²) in [4.78, 5) is 2.49. The van der Waals surface area contributed by atoms with Crippen LogP contribution in [0.5, 0.6) is 0 Å². The molecule has 1 aromatic heterocycles. The maximum absolute atomic E-state index is 6.06. The predicted molar refractivity (Wildman–Crippen MR) is 74.1 cm³/mol. The molecule has 1 heterocycles. The Morgan fingerprint density at radius 2 is 2.22 bits per heavy atom. The van der Waals surface area contributed by atoms with Crippen LogP contribution in [-0.2, 0) is 6.54 Å². The standard InChI is InChI=1S/C15H26N2O/c1-4-17(10-14-6-5-7-18-14)15(11-16)8-13(9-15)12(2)3/h5-7,12-13H,4,8-11,16H2,1-3H3. The fraction of sp³-hybridized carbons (Fsp3) is 0.733. The molecule has 2 rings (SSSR count). The van der Waals surface area contributed by atoms with Crippen molar-refractivity contribution in [3.63, 3.8) is 0 Å². The Labute approximate surface area is 110 Å². The maximum Gasteiger partial charge on any atom is 0.117 e. The van der Waals surface area contributed by atoms with Crippen molar-refractivity contribution in [2.45, 2.75) is 45.7 Å². The van der Waals surface area contributed by atoms with Crippen molar-refractivity contribution in [2.75, 3.05) is 13.1 Å². The van der Waals surface area contributed by atoms with Crippen molar-refractivity contribution in [2.24, 2.45) is 17.6 Å². The van der Waals surface area contributed by atoms with Gasteiger partial charge in [0.2, 0.25) is 0 Å². The van der Waals surface area contributed by atoms with E-state index in [0.29, 0.717) is 0 Å². The Bertz CT molecular complexity index is 353. The Balaban J connectivity index is 2.02. The first-order valence-corrected chi connectivity index (χ1v) is 7.09. The lowest BCUT2D eigenvalue weighted by Gasteiger charge is -2.55. The maximum atomic E-state index is 6.06. The summed E-state index contributed by atoms with van der Waals surface area (Å²) in [5.74, 6) is 2.64. The zero-order valence-corrected chi connectivity index (χ0v) is 11.9. The van der Waals surface area contributed by atoms with E-state index < -0.39 is 0 Å². The highest BCUT2D eigenvalue weighted by atomic mass is 16.3. The molecule has 1 saturated carbocycles. The van der Waals surface area contributed by atoms with E-state index >= 15 is 0 Å². The predicted octanol–water partition coefficient (Wildman–Crippen LogP) is 2.87. The van der Waals surface area contributed by atoms with Crippen LogP contribution in [-0.4, -0.2) is 23.5 Å². The van der Waals surface area contributed by atoms with E-state index in [9.17, 15) is 0 Å². The molecular weight excluding hydrogens is 224 g/mol. The average Bonchev–Trinajstić information content (AvgIpc) is 2.79. The fourth-order valence-corrected chi connectivity index (χ4v) is 3.15. The largest absolute Gasteiger partial charge is 0.468 e. The molecule has 0 aromatic carbocycles. The second-order valence-electron chi connectivity index (χ2n) is 5.93. The number of nitrogens with two attached hydrogens (primary N) is 1. The highest BCUT2D eigenvalue weighted by Crippen LogP contribution is 2.45. The summed E-state index contributed by atoms with van der Waals surface area (Å²) in [6, 6.07) is 4.00. The quantitative estimate of drug-likeness (QED) is 0.844. The molecule has 0 aliphatic heterocycles. The molecule has 1 aliphatic rings. The fourth-order valence-electron chi connectivity index (χ4n) is 3.15. The third kappa shape index (κ3) is 2.47. The van der Waals surface area contributed by atoms with E-state index in [1.54, 1.807) is 6.26 Å². The third-order valence-corrected chi connectivity index (χ3v) is 4.59. The Hall–Kier alpha value is -0.800. The lowest BCUT2D eigenvalue weighted by Crippen LogP contribution is -2.62. The van der Waals surface area contributed by atoms with Gasteiger partial charge in [0.25, 0.3) is 0 Å². The van der Waals surface area contributed by atoms with Gasteiger partial charge in [0.05, 0.1) is 12.8 Å². The second-order valence-corrected chi connectivity index (χ2v) is 5.93. The Kier molecular flexibility index (Phi) is 4.13. The first kappa shape index (κ1) is 13.6. The van der Waals surface area contributed by atoms with Gasteiger partial charge in [-0.3, -0.25) is 4.90 Å². The lowest BCUT2D eigenvalue weighted by atomic mass is 9.63. The van der Waals surface area contributed by atoms with E-state index in [1.165, 1.54) is 12.8 Å². The molecule has 0 unspecified atom stereocenters. The van der Waals surface area contributed by atoms with Crippen molar-refractivity contribution in [3.05, 3.63) is 24.2 Å². The van der Waals surface area contributed by atoms with Gasteiger partial charge in [0.1, 0.15) is 5.76 Å². The van der Waals surface area contributed by atoms with Gasteiger partial charge >= 0.3 is 0 Å². The number of rotatable bonds is 6. The van der Waals surface area contributed by atoms with Crippen LogP contribution in [0.25, 0.3) is 0 Å². The van der Waals surface area contributed by atoms with Gasteiger partial charge < -0.3 is 10.2 Å². The van der Waals surface area contributed by atoms with Crippen molar-refractivity contribution in [3.8, 4) is 0 Å². The highest BCUT2D eigenvalue weighted by Gasteiger charge is 2.47. The normalized spacial score (nSPS) is 27.8.